The monoisotopic (exact) mass is 137 g/mol. The van der Waals surface area contributed by atoms with Crippen LogP contribution in [-0.2, 0) is 16.4 Å². The van der Waals surface area contributed by atoms with Gasteiger partial charge in [0.05, 0.1) is 0 Å². The fourth-order valence-corrected chi connectivity index (χ4v) is 0. The molecule has 0 aliphatic heterocycles. The van der Waals surface area contributed by atoms with E-state index in [-0.39, 0.29) is 0 Å². The van der Waals surface area contributed by atoms with Crippen molar-refractivity contribution >= 4 is 18.0 Å². The second-order valence-corrected chi connectivity index (χ2v) is 1.27. The molecule has 0 aromatic rings. The summed E-state index contributed by atoms with van der Waals surface area (Å²) in [7, 11) is 3.38. The van der Waals surface area contributed by atoms with Crippen molar-refractivity contribution < 1.29 is 13.2 Å². The Morgan fingerprint density at radius 3 is 1.50 bits per heavy atom. The van der Waals surface area contributed by atoms with Gasteiger partial charge in [0.1, 0.15) is 0 Å². The van der Waals surface area contributed by atoms with E-state index in [9.17, 15) is 4.79 Å². The van der Waals surface area contributed by atoms with Crippen LogP contribution in [0.5, 0.6) is 0 Å². The summed E-state index contributed by atoms with van der Waals surface area (Å²) in [6.45, 7) is 0. The lowest BCUT2D eigenvalue weighted by Crippen LogP contribution is -2.06. The van der Waals surface area contributed by atoms with E-state index in [0.29, 0.717) is 0 Å². The van der Waals surface area contributed by atoms with E-state index in [4.69, 9.17) is 8.42 Å². The molecule has 0 rings (SSSR count). The highest BCUT2D eigenvalue weighted by Gasteiger charge is 1.68. The minimum Gasteiger partial charge on any atom is -0.351 e. The van der Waals surface area contributed by atoms with Gasteiger partial charge in [0, 0.05) is 14.1 Å². The third kappa shape index (κ3) is 58.5. The molecule has 0 saturated heterocycles. The van der Waals surface area contributed by atoms with Crippen LogP contribution in [0.25, 0.3) is 0 Å². The normalized spacial score (nSPS) is 5.75. The Morgan fingerprint density at radius 1 is 1.38 bits per heavy atom. The number of hydrogen-bond donors (Lipinski definition) is 0. The van der Waals surface area contributed by atoms with Crippen LogP contribution in [0.1, 0.15) is 0 Å². The first-order chi connectivity index (χ1) is 3.68. The molecule has 0 aliphatic rings. The quantitative estimate of drug-likeness (QED) is 0.437. The van der Waals surface area contributed by atoms with E-state index >= 15 is 0 Å². The molecule has 0 unspecified atom stereocenters. The summed E-state index contributed by atoms with van der Waals surface area (Å²) >= 11 is -0.750. The molecule has 0 atom stereocenters. The molecule has 0 bridgehead atoms. The predicted octanol–water partition coefficient (Wildman–Crippen LogP) is -0.966. The minimum atomic E-state index is -0.750. The molecule has 0 aromatic carbocycles. The molecule has 48 valence electrons. The van der Waals surface area contributed by atoms with Crippen LogP contribution >= 0.6 is 0 Å². The average molecular weight is 137 g/mol. The molecule has 4 nitrogen and oxygen atoms in total. The zero-order valence-electron chi connectivity index (χ0n) is 4.66. The van der Waals surface area contributed by atoms with E-state index < -0.39 is 11.6 Å². The van der Waals surface area contributed by atoms with Gasteiger partial charge in [0.15, 0.2) is 0 Å². The summed E-state index contributed by atoms with van der Waals surface area (Å²) in [6.07, 6.45) is 0.750. The van der Waals surface area contributed by atoms with Crippen LogP contribution in [0.3, 0.4) is 0 Å². The first kappa shape index (κ1) is 10.3. The van der Waals surface area contributed by atoms with Gasteiger partial charge in [-0.15, -0.1) is 0 Å². The van der Waals surface area contributed by atoms with Crippen molar-refractivity contribution in [2.75, 3.05) is 14.1 Å². The lowest BCUT2D eigenvalue weighted by atomic mass is 11.0. The lowest BCUT2D eigenvalue weighted by molar-refractivity contribution is -0.115. The highest BCUT2D eigenvalue weighted by atomic mass is 32.1. The Hall–Kier alpha value is -0.710. The molecule has 0 spiro atoms. The molecule has 0 aromatic heterocycles. The molecule has 0 N–H and O–H groups in total. The van der Waals surface area contributed by atoms with E-state index in [2.05, 4.69) is 0 Å². The van der Waals surface area contributed by atoms with Gasteiger partial charge < -0.3 is 4.90 Å². The maximum atomic E-state index is 9.43. The van der Waals surface area contributed by atoms with Gasteiger partial charge in [-0.1, -0.05) is 0 Å². The summed E-state index contributed by atoms with van der Waals surface area (Å²) in [5, 5.41) is 0. The van der Waals surface area contributed by atoms with Crippen LogP contribution in [-0.4, -0.2) is 33.8 Å². The molecule has 1 amide bonds. The van der Waals surface area contributed by atoms with E-state index in [0.717, 1.165) is 6.41 Å². The Balaban J connectivity index is 0. The van der Waals surface area contributed by atoms with Crippen LogP contribution in [0, 0.1) is 0 Å². The fraction of sp³-hybridized carbons (Fsp3) is 0.667. The van der Waals surface area contributed by atoms with Crippen molar-refractivity contribution in [1.29, 1.82) is 0 Å². The van der Waals surface area contributed by atoms with Crippen molar-refractivity contribution in [2.45, 2.75) is 0 Å². The first-order valence-corrected chi connectivity index (χ1v) is 2.39. The zero-order chi connectivity index (χ0) is 6.99. The fourth-order valence-electron chi connectivity index (χ4n) is 0. The van der Waals surface area contributed by atoms with Crippen LogP contribution < -0.4 is 0 Å². The molecule has 5 heteroatoms. The lowest BCUT2D eigenvalue weighted by Gasteiger charge is -1.93. The Bertz CT molecular complexity index is 86.5. The molecule has 0 saturated carbocycles. The van der Waals surface area contributed by atoms with Gasteiger partial charge in [0.25, 0.3) is 0 Å². The number of nitrogens with zero attached hydrogens (tertiary/aromatic N) is 1. The molecule has 0 radical (unpaired) electrons. The Labute approximate surface area is 51.1 Å². The summed E-state index contributed by atoms with van der Waals surface area (Å²) in [5.41, 5.74) is 0. The number of carbonyl (C=O) groups is 1. The maximum absolute atomic E-state index is 9.43. The summed E-state index contributed by atoms with van der Waals surface area (Å²) < 4.78 is 16.6. The molecular weight excluding hydrogens is 130 g/mol. The highest BCUT2D eigenvalue weighted by Crippen LogP contribution is 1.52. The van der Waals surface area contributed by atoms with Crippen LogP contribution in [0.15, 0.2) is 0 Å². The average Bonchev–Trinajstić information content (AvgIpc) is 1.69. The molecule has 0 aliphatic carbocycles. The minimum absolute atomic E-state index is 0.750. The third-order valence-corrected chi connectivity index (χ3v) is 0.211. The second kappa shape index (κ2) is 9.56. The van der Waals surface area contributed by atoms with Crippen molar-refractivity contribution in [2.24, 2.45) is 0 Å². The largest absolute Gasteiger partial charge is 0.351 e. The summed E-state index contributed by atoms with van der Waals surface area (Å²) in [5.74, 6) is 0. The molecule has 8 heavy (non-hydrogen) atoms. The van der Waals surface area contributed by atoms with Gasteiger partial charge >= 0.3 is 11.6 Å². The van der Waals surface area contributed by atoms with Gasteiger partial charge in [-0.3, -0.25) is 4.79 Å². The number of amides is 1. The number of hydrogen-bond acceptors (Lipinski definition) is 3. The van der Waals surface area contributed by atoms with Gasteiger partial charge in [0.2, 0.25) is 6.41 Å². The smallest absolute Gasteiger partial charge is 0.335 e. The molecule has 0 heterocycles. The van der Waals surface area contributed by atoms with E-state index in [1.165, 1.54) is 4.90 Å². The SMILES string of the molecule is CN(C)C=O.O=S=O. The van der Waals surface area contributed by atoms with Crippen molar-refractivity contribution in [3.8, 4) is 0 Å². The molecular formula is C3H7NO3S. The molecule has 0 fully saturated rings. The summed E-state index contributed by atoms with van der Waals surface area (Å²) in [6, 6.07) is 0. The third-order valence-electron chi connectivity index (χ3n) is 0.211. The van der Waals surface area contributed by atoms with Gasteiger partial charge in [-0.05, 0) is 0 Å². The van der Waals surface area contributed by atoms with Crippen molar-refractivity contribution in [1.82, 2.24) is 4.90 Å². The van der Waals surface area contributed by atoms with Crippen molar-refractivity contribution in [3.63, 3.8) is 0 Å². The maximum Gasteiger partial charge on any atom is 0.335 e. The first-order valence-electron chi connectivity index (χ1n) is 1.72. The zero-order valence-corrected chi connectivity index (χ0v) is 5.47. The van der Waals surface area contributed by atoms with E-state index in [1.54, 1.807) is 14.1 Å². The van der Waals surface area contributed by atoms with Gasteiger partial charge in [-0.25, -0.2) is 0 Å². The topological polar surface area (TPSA) is 54.5 Å². The number of carbonyl (C=O) groups excluding carboxylic acids is 1. The van der Waals surface area contributed by atoms with Crippen LogP contribution in [0.4, 0.5) is 0 Å². The standard InChI is InChI=1S/C3H7NO.O2S/c1-4(2)3-5;1-3-2/h3H,1-2H3;. The Kier molecular flexibility index (Phi) is 12.3. The summed E-state index contributed by atoms with van der Waals surface area (Å²) in [4.78, 5) is 10.9. The second-order valence-electron chi connectivity index (χ2n) is 1.14. The van der Waals surface area contributed by atoms with Crippen molar-refractivity contribution in [3.05, 3.63) is 0 Å². The van der Waals surface area contributed by atoms with Crippen LogP contribution in [0.2, 0.25) is 0 Å². The predicted molar refractivity (Wildman–Crippen MR) is 28.7 cm³/mol. The Morgan fingerprint density at radius 2 is 1.50 bits per heavy atom. The highest BCUT2D eigenvalue weighted by molar-refractivity contribution is 7.51. The van der Waals surface area contributed by atoms with E-state index in [1.807, 2.05) is 0 Å². The number of rotatable bonds is 1. The van der Waals surface area contributed by atoms with Gasteiger partial charge in [-0.2, -0.15) is 8.42 Å².